The third kappa shape index (κ3) is 7.97. The second-order valence-electron chi connectivity index (χ2n) is 6.90. The molecule has 0 fully saturated rings. The van der Waals surface area contributed by atoms with E-state index in [9.17, 15) is 28.1 Å². The van der Waals surface area contributed by atoms with E-state index in [1.165, 1.54) is 55.4 Å². The molecule has 0 bridgehead atoms. The van der Waals surface area contributed by atoms with Crippen molar-refractivity contribution in [2.45, 2.75) is 25.4 Å². The van der Waals surface area contributed by atoms with Crippen molar-refractivity contribution in [3.63, 3.8) is 0 Å². The third-order valence-corrected chi connectivity index (χ3v) is 4.86. The number of nitrogens with zero attached hydrogens (tertiary/aromatic N) is 3. The van der Waals surface area contributed by atoms with Gasteiger partial charge in [0.15, 0.2) is 6.29 Å². The number of carbonyl (C=O) groups is 4. The van der Waals surface area contributed by atoms with Gasteiger partial charge in [0.25, 0.3) is 5.91 Å². The van der Waals surface area contributed by atoms with Gasteiger partial charge in [0, 0.05) is 26.1 Å². The van der Waals surface area contributed by atoms with E-state index in [0.717, 1.165) is 0 Å². The summed E-state index contributed by atoms with van der Waals surface area (Å²) in [5.41, 5.74) is 1.09. The first-order valence-electron chi connectivity index (χ1n) is 9.72. The fourth-order valence-electron chi connectivity index (χ4n) is 3.08. The Morgan fingerprint density at radius 1 is 1.12 bits per heavy atom. The number of likely N-dealkylation sites (N-methyl/N-ethyl adjacent to an activating group) is 2. The molecule has 0 aliphatic rings. The fraction of sp³-hybridized carbons (Fsp3) is 0.273. The molecule has 11 heteroatoms. The molecular weight excluding hydrogens is 461 g/mol. The molecule has 1 atom stereocenters. The molecule has 2 aromatic rings. The average Bonchev–Trinajstić information content (AvgIpc) is 2.82. The Kier molecular flexibility index (Phi) is 12.4. The van der Waals surface area contributed by atoms with Gasteiger partial charge < -0.3 is 20.3 Å². The number of halogens is 2. The van der Waals surface area contributed by atoms with Crippen LogP contribution in [0.5, 0.6) is 0 Å². The smallest absolute Gasteiger partial charge is 0.681 e. The summed E-state index contributed by atoms with van der Waals surface area (Å²) in [4.78, 5) is 48.6. The van der Waals surface area contributed by atoms with Crippen molar-refractivity contribution < 1.29 is 79.5 Å². The van der Waals surface area contributed by atoms with Gasteiger partial charge in [-0.2, -0.15) is 0 Å². The van der Waals surface area contributed by atoms with Crippen LogP contribution < -0.4 is 62.0 Å². The van der Waals surface area contributed by atoms with Gasteiger partial charge in [-0.15, -0.1) is 12.2 Å². The normalized spacial score (nSPS) is 10.9. The number of carbonyl (C=O) groups excluding carboxylic acids is 4. The molecular formula is C22H23F2KN4O4. The van der Waals surface area contributed by atoms with E-state index >= 15 is 0 Å². The molecule has 1 N–H and O–H groups in total. The SMILES string of the molecule is CNC(=O)C(CCC=O)N(C)C(=O)c1ccc(C[N-]c2ccc(N(F)F)cc2)cc1C=O.[K+]. The summed E-state index contributed by atoms with van der Waals surface area (Å²) in [6, 6.07) is 9.07. The van der Waals surface area contributed by atoms with Crippen molar-refractivity contribution in [2.24, 2.45) is 0 Å². The van der Waals surface area contributed by atoms with E-state index in [1.807, 2.05) is 0 Å². The number of aldehydes is 2. The predicted molar refractivity (Wildman–Crippen MR) is 115 cm³/mol. The summed E-state index contributed by atoms with van der Waals surface area (Å²) in [7, 11) is 2.87. The number of benzene rings is 2. The van der Waals surface area contributed by atoms with Crippen molar-refractivity contribution in [3.8, 4) is 0 Å². The standard InChI is InChI=1S/C22H23F2N4O4.K/c1-25-21(31)20(4-3-11-29)27(2)22(32)19-10-5-15(12-16(19)14-30)13-26-17-6-8-18(9-7-17)28(23)24;/h5-12,14,20H,3-4,13H2,1-2H3,(H,25,31);/q-1;+1. The Morgan fingerprint density at radius 3 is 2.33 bits per heavy atom. The van der Waals surface area contributed by atoms with E-state index in [2.05, 4.69) is 10.6 Å². The minimum absolute atomic E-state index is 0. The van der Waals surface area contributed by atoms with Crippen molar-refractivity contribution in [1.29, 1.82) is 0 Å². The van der Waals surface area contributed by atoms with Crippen LogP contribution in [0.15, 0.2) is 42.5 Å². The molecule has 0 spiro atoms. The summed E-state index contributed by atoms with van der Waals surface area (Å²) in [6.45, 7) is 0.166. The molecule has 8 nitrogen and oxygen atoms in total. The molecule has 1 unspecified atom stereocenters. The molecule has 0 aliphatic carbocycles. The monoisotopic (exact) mass is 484 g/mol. The summed E-state index contributed by atoms with van der Waals surface area (Å²) in [5, 5.41) is 5.76. The summed E-state index contributed by atoms with van der Waals surface area (Å²) in [5.74, 6) is -0.951. The van der Waals surface area contributed by atoms with Crippen LogP contribution in [0.4, 0.5) is 20.3 Å². The minimum atomic E-state index is -0.999. The first kappa shape index (κ1) is 28.8. The maximum atomic E-state index is 12.9. The second-order valence-corrected chi connectivity index (χ2v) is 6.90. The topological polar surface area (TPSA) is 101 Å². The van der Waals surface area contributed by atoms with Crippen molar-refractivity contribution in [3.05, 3.63) is 64.5 Å². The van der Waals surface area contributed by atoms with Gasteiger partial charge in [-0.05, 0) is 36.0 Å². The van der Waals surface area contributed by atoms with Gasteiger partial charge in [-0.1, -0.05) is 32.7 Å². The van der Waals surface area contributed by atoms with Crippen molar-refractivity contribution >= 4 is 35.8 Å². The van der Waals surface area contributed by atoms with E-state index in [1.54, 1.807) is 6.07 Å². The van der Waals surface area contributed by atoms with Gasteiger partial charge in [-0.25, -0.2) is 0 Å². The van der Waals surface area contributed by atoms with Crippen LogP contribution in [-0.2, 0) is 16.1 Å². The first-order chi connectivity index (χ1) is 15.3. The van der Waals surface area contributed by atoms with Crippen LogP contribution in [-0.4, -0.2) is 49.4 Å². The molecule has 2 aromatic carbocycles. The summed E-state index contributed by atoms with van der Waals surface area (Å²) >= 11 is 0. The van der Waals surface area contributed by atoms with Crippen LogP contribution in [0.3, 0.4) is 0 Å². The minimum Gasteiger partial charge on any atom is -0.681 e. The summed E-state index contributed by atoms with van der Waals surface area (Å²) in [6.07, 6.45) is 1.46. The number of rotatable bonds is 11. The number of amides is 2. The molecule has 2 rings (SSSR count). The zero-order valence-electron chi connectivity index (χ0n) is 18.6. The van der Waals surface area contributed by atoms with E-state index in [-0.39, 0.29) is 87.6 Å². The van der Waals surface area contributed by atoms with Crippen molar-refractivity contribution in [1.82, 2.24) is 10.2 Å². The Morgan fingerprint density at radius 2 is 1.79 bits per heavy atom. The summed E-state index contributed by atoms with van der Waals surface area (Å²) < 4.78 is 24.9. The molecule has 170 valence electrons. The van der Waals surface area contributed by atoms with Gasteiger partial charge in [0.2, 0.25) is 5.91 Å². The number of hydrogen-bond acceptors (Lipinski definition) is 5. The molecule has 2 amide bonds. The molecule has 0 heterocycles. The van der Waals surface area contributed by atoms with Gasteiger partial charge >= 0.3 is 51.4 Å². The average molecular weight is 485 g/mol. The van der Waals surface area contributed by atoms with Gasteiger partial charge in [0.05, 0.1) is 5.56 Å². The van der Waals surface area contributed by atoms with Crippen molar-refractivity contribution in [2.75, 3.05) is 19.4 Å². The number of hydrogen-bond donors (Lipinski definition) is 1. The predicted octanol–water partition coefficient (Wildman–Crippen LogP) is 0.450. The Bertz CT molecular complexity index is 973. The van der Waals surface area contributed by atoms with Crippen LogP contribution >= 0.6 is 0 Å². The van der Waals surface area contributed by atoms with E-state index in [0.29, 0.717) is 23.8 Å². The van der Waals surface area contributed by atoms with E-state index < -0.39 is 23.2 Å². The Balaban J connectivity index is 0.00000544. The molecule has 33 heavy (non-hydrogen) atoms. The Hall–Kier alpha value is -2.18. The molecule has 0 aromatic heterocycles. The molecule has 0 saturated carbocycles. The van der Waals surface area contributed by atoms with Gasteiger partial charge in [-0.3, -0.25) is 14.4 Å². The number of nitrogens with one attached hydrogen (secondary N) is 1. The first-order valence-corrected chi connectivity index (χ1v) is 9.72. The molecule has 0 radical (unpaired) electrons. The van der Waals surface area contributed by atoms with Crippen LogP contribution in [0, 0.1) is 0 Å². The van der Waals surface area contributed by atoms with Crippen LogP contribution in [0.25, 0.3) is 5.32 Å². The zero-order valence-corrected chi connectivity index (χ0v) is 21.7. The zero-order chi connectivity index (χ0) is 23.7. The Labute approximate surface area is 233 Å². The van der Waals surface area contributed by atoms with Gasteiger partial charge in [0.1, 0.15) is 18.0 Å². The largest absolute Gasteiger partial charge is 1.00 e. The second kappa shape index (κ2) is 14.2. The molecule has 0 saturated heterocycles. The third-order valence-electron chi connectivity index (χ3n) is 4.86. The van der Waals surface area contributed by atoms with Crippen LogP contribution in [0.1, 0.15) is 39.1 Å². The maximum Gasteiger partial charge on any atom is 1.00 e. The quantitative estimate of drug-likeness (QED) is 0.284. The van der Waals surface area contributed by atoms with Crippen LogP contribution in [0.2, 0.25) is 0 Å². The fourth-order valence-corrected chi connectivity index (χ4v) is 3.08. The maximum absolute atomic E-state index is 12.9. The number of anilines is 1. The molecule has 0 aliphatic heterocycles. The van der Waals surface area contributed by atoms with E-state index in [4.69, 9.17) is 0 Å².